The number of nitrogens with one attached hydrogen (secondary N) is 1. The molecule has 0 radical (unpaired) electrons. The highest BCUT2D eigenvalue weighted by Gasteiger charge is 2.08. The number of anilines is 1. The van der Waals surface area contributed by atoms with Gasteiger partial charge in [-0.15, -0.1) is 0 Å². The van der Waals surface area contributed by atoms with Gasteiger partial charge in [0.15, 0.2) is 0 Å². The Morgan fingerprint density at radius 1 is 1.33 bits per heavy atom. The van der Waals surface area contributed by atoms with E-state index in [4.69, 9.17) is 5.73 Å². The summed E-state index contributed by atoms with van der Waals surface area (Å²) in [6.45, 7) is 6.89. The number of benzene rings is 1. The van der Waals surface area contributed by atoms with Crippen molar-refractivity contribution in [2.24, 2.45) is 5.73 Å². The smallest absolute Gasteiger partial charge is 0.238 e. The van der Waals surface area contributed by atoms with Crippen LogP contribution in [-0.4, -0.2) is 37.0 Å². The molecular weight excluding hydrogens is 226 g/mol. The number of carbonyl (C=O) groups is 1. The Labute approximate surface area is 109 Å². The highest BCUT2D eigenvalue weighted by Crippen LogP contribution is 2.08. The van der Waals surface area contributed by atoms with Crippen molar-refractivity contribution in [3.63, 3.8) is 0 Å². The molecule has 0 unspecified atom stereocenters. The van der Waals surface area contributed by atoms with Crippen LogP contribution >= 0.6 is 0 Å². The molecule has 0 aliphatic heterocycles. The topological polar surface area (TPSA) is 58.4 Å². The van der Waals surface area contributed by atoms with Crippen molar-refractivity contribution in [2.75, 3.05) is 31.5 Å². The molecule has 1 rings (SSSR count). The molecule has 0 fully saturated rings. The highest BCUT2D eigenvalue weighted by molar-refractivity contribution is 5.92. The first kappa shape index (κ1) is 14.7. The molecular formula is C14H23N3O. The minimum Gasteiger partial charge on any atom is -0.330 e. The maximum atomic E-state index is 11.8. The van der Waals surface area contributed by atoms with Gasteiger partial charge in [0.1, 0.15) is 0 Å². The van der Waals surface area contributed by atoms with Crippen molar-refractivity contribution in [1.29, 1.82) is 0 Å². The van der Waals surface area contributed by atoms with Gasteiger partial charge in [0.25, 0.3) is 0 Å². The monoisotopic (exact) mass is 249 g/mol. The van der Waals surface area contributed by atoms with Crippen molar-refractivity contribution in [3.8, 4) is 0 Å². The number of aryl methyl sites for hydroxylation is 1. The second kappa shape index (κ2) is 7.84. The van der Waals surface area contributed by atoms with E-state index in [1.54, 1.807) is 0 Å². The molecule has 0 saturated carbocycles. The van der Waals surface area contributed by atoms with Gasteiger partial charge in [-0.2, -0.15) is 0 Å². The van der Waals surface area contributed by atoms with E-state index in [0.29, 0.717) is 13.1 Å². The quantitative estimate of drug-likeness (QED) is 0.771. The average Bonchev–Trinajstić information content (AvgIpc) is 2.37. The van der Waals surface area contributed by atoms with Crippen LogP contribution in [0.15, 0.2) is 24.3 Å². The predicted octanol–water partition coefficient (Wildman–Crippen LogP) is 1.60. The van der Waals surface area contributed by atoms with E-state index >= 15 is 0 Å². The van der Waals surface area contributed by atoms with E-state index < -0.39 is 0 Å². The molecule has 0 spiro atoms. The molecule has 0 aromatic heterocycles. The third kappa shape index (κ3) is 5.29. The molecule has 0 bridgehead atoms. The lowest BCUT2D eigenvalue weighted by Crippen LogP contribution is -2.34. The fraction of sp³-hybridized carbons (Fsp3) is 0.500. The van der Waals surface area contributed by atoms with Gasteiger partial charge in [-0.05, 0) is 45.1 Å². The molecule has 0 saturated heterocycles. The first-order valence-electron chi connectivity index (χ1n) is 6.44. The van der Waals surface area contributed by atoms with Crippen LogP contribution in [0.5, 0.6) is 0 Å². The molecule has 0 atom stereocenters. The molecule has 4 nitrogen and oxygen atoms in total. The first-order valence-corrected chi connectivity index (χ1v) is 6.44. The zero-order chi connectivity index (χ0) is 13.4. The number of nitrogens with zero attached hydrogens (tertiary/aromatic N) is 1. The van der Waals surface area contributed by atoms with Gasteiger partial charge in [0.2, 0.25) is 5.91 Å². The van der Waals surface area contributed by atoms with Crippen molar-refractivity contribution in [3.05, 3.63) is 29.8 Å². The second-order valence-electron chi connectivity index (χ2n) is 4.43. The number of hydrogen-bond donors (Lipinski definition) is 2. The summed E-state index contributed by atoms with van der Waals surface area (Å²) in [5, 5.41) is 2.90. The largest absolute Gasteiger partial charge is 0.330 e. The Hall–Kier alpha value is -1.39. The molecule has 3 N–H and O–H groups in total. The average molecular weight is 249 g/mol. The molecule has 1 aromatic carbocycles. The summed E-state index contributed by atoms with van der Waals surface area (Å²) >= 11 is 0. The zero-order valence-electron chi connectivity index (χ0n) is 11.3. The molecule has 18 heavy (non-hydrogen) atoms. The number of amides is 1. The summed E-state index contributed by atoms with van der Waals surface area (Å²) in [4.78, 5) is 13.9. The van der Waals surface area contributed by atoms with Gasteiger partial charge < -0.3 is 11.1 Å². The Morgan fingerprint density at radius 2 is 2.00 bits per heavy atom. The lowest BCUT2D eigenvalue weighted by Gasteiger charge is -2.19. The molecule has 0 aliphatic carbocycles. The molecule has 4 heteroatoms. The van der Waals surface area contributed by atoms with Crippen molar-refractivity contribution >= 4 is 11.6 Å². The predicted molar refractivity (Wildman–Crippen MR) is 75.6 cm³/mol. The lowest BCUT2D eigenvalue weighted by molar-refractivity contribution is -0.117. The van der Waals surface area contributed by atoms with E-state index in [1.807, 2.05) is 31.2 Å². The Morgan fingerprint density at radius 3 is 2.56 bits per heavy atom. The zero-order valence-corrected chi connectivity index (χ0v) is 11.3. The minimum atomic E-state index is 0.0257. The Balaban J connectivity index is 2.42. The van der Waals surface area contributed by atoms with Crippen molar-refractivity contribution in [1.82, 2.24) is 4.90 Å². The normalized spacial score (nSPS) is 10.7. The van der Waals surface area contributed by atoms with Gasteiger partial charge in [0.05, 0.1) is 6.54 Å². The third-order valence-corrected chi connectivity index (χ3v) is 2.83. The van der Waals surface area contributed by atoms with Crippen molar-refractivity contribution in [2.45, 2.75) is 20.3 Å². The van der Waals surface area contributed by atoms with Crippen LogP contribution in [0.1, 0.15) is 18.9 Å². The van der Waals surface area contributed by atoms with Gasteiger partial charge >= 0.3 is 0 Å². The minimum absolute atomic E-state index is 0.0257. The number of rotatable bonds is 7. The van der Waals surface area contributed by atoms with Crippen LogP contribution in [-0.2, 0) is 4.79 Å². The Bertz CT molecular complexity index is 362. The summed E-state index contributed by atoms with van der Waals surface area (Å²) < 4.78 is 0. The van der Waals surface area contributed by atoms with Crippen LogP contribution < -0.4 is 11.1 Å². The number of hydrogen-bond acceptors (Lipinski definition) is 3. The fourth-order valence-corrected chi connectivity index (χ4v) is 1.70. The van der Waals surface area contributed by atoms with Crippen LogP contribution in [0.3, 0.4) is 0 Å². The summed E-state index contributed by atoms with van der Waals surface area (Å²) in [5.74, 6) is 0.0257. The van der Waals surface area contributed by atoms with E-state index in [0.717, 1.165) is 25.2 Å². The Kier molecular flexibility index (Phi) is 6.39. The van der Waals surface area contributed by atoms with Gasteiger partial charge in [0, 0.05) is 5.69 Å². The summed E-state index contributed by atoms with van der Waals surface area (Å²) in [5.41, 5.74) is 7.51. The van der Waals surface area contributed by atoms with E-state index in [1.165, 1.54) is 5.56 Å². The number of carbonyl (C=O) groups excluding carboxylic acids is 1. The maximum absolute atomic E-state index is 11.8. The maximum Gasteiger partial charge on any atom is 0.238 e. The van der Waals surface area contributed by atoms with Crippen LogP contribution in [0.4, 0.5) is 5.69 Å². The van der Waals surface area contributed by atoms with Gasteiger partial charge in [-0.1, -0.05) is 24.6 Å². The number of nitrogens with two attached hydrogens (primary N) is 1. The van der Waals surface area contributed by atoms with E-state index in [-0.39, 0.29) is 5.91 Å². The van der Waals surface area contributed by atoms with Crippen LogP contribution in [0.25, 0.3) is 0 Å². The van der Waals surface area contributed by atoms with Gasteiger partial charge in [-0.3, -0.25) is 9.69 Å². The van der Waals surface area contributed by atoms with E-state index in [2.05, 4.69) is 17.1 Å². The fourth-order valence-electron chi connectivity index (χ4n) is 1.70. The highest BCUT2D eigenvalue weighted by atomic mass is 16.2. The standard InChI is InChI=1S/C14H23N3O/c1-3-17(10-4-9-15)11-14(18)16-13-7-5-12(2)6-8-13/h5-8H,3-4,9-11,15H2,1-2H3,(H,16,18). The summed E-state index contributed by atoms with van der Waals surface area (Å²) in [6.07, 6.45) is 0.922. The molecule has 1 amide bonds. The molecule has 0 heterocycles. The third-order valence-electron chi connectivity index (χ3n) is 2.83. The first-order chi connectivity index (χ1) is 8.65. The number of likely N-dealkylation sites (N-methyl/N-ethyl adjacent to an activating group) is 1. The second-order valence-corrected chi connectivity index (χ2v) is 4.43. The summed E-state index contributed by atoms with van der Waals surface area (Å²) in [7, 11) is 0. The summed E-state index contributed by atoms with van der Waals surface area (Å²) in [6, 6.07) is 7.82. The van der Waals surface area contributed by atoms with E-state index in [9.17, 15) is 4.79 Å². The molecule has 0 aliphatic rings. The molecule has 1 aromatic rings. The molecule has 100 valence electrons. The van der Waals surface area contributed by atoms with Gasteiger partial charge in [-0.25, -0.2) is 0 Å². The van der Waals surface area contributed by atoms with Crippen LogP contribution in [0.2, 0.25) is 0 Å². The SMILES string of the molecule is CCN(CCCN)CC(=O)Nc1ccc(C)cc1. The van der Waals surface area contributed by atoms with Crippen LogP contribution in [0, 0.1) is 6.92 Å². The lowest BCUT2D eigenvalue weighted by atomic mass is 10.2. The van der Waals surface area contributed by atoms with Crippen molar-refractivity contribution < 1.29 is 4.79 Å².